The molecule has 0 saturated heterocycles. The lowest BCUT2D eigenvalue weighted by Gasteiger charge is -2.13. The van der Waals surface area contributed by atoms with Gasteiger partial charge in [-0.25, -0.2) is 4.98 Å². The molecule has 0 spiro atoms. The number of aryl methyl sites for hydroxylation is 1. The quantitative estimate of drug-likeness (QED) is 0.551. The van der Waals surface area contributed by atoms with Crippen molar-refractivity contribution < 1.29 is 4.79 Å². The van der Waals surface area contributed by atoms with Crippen LogP contribution in [0.4, 0.5) is 5.82 Å². The van der Waals surface area contributed by atoms with Gasteiger partial charge in [0.2, 0.25) is 5.91 Å². The average molecular weight is 394 g/mol. The van der Waals surface area contributed by atoms with Crippen LogP contribution >= 0.6 is 0 Å². The third kappa shape index (κ3) is 2.99. The van der Waals surface area contributed by atoms with Crippen LogP contribution in [0, 0.1) is 22.7 Å². The summed E-state index contributed by atoms with van der Waals surface area (Å²) >= 11 is 0. The number of hydrogen-bond donors (Lipinski definition) is 2. The van der Waals surface area contributed by atoms with Crippen LogP contribution in [0.1, 0.15) is 23.1 Å². The SMILES string of the molecule is CNC(=O)CCc1ccc(-c2c(C#N)c(N)n3c(nc4ccccc43)c2C#N)cc1. The van der Waals surface area contributed by atoms with Crippen molar-refractivity contribution in [1.29, 1.82) is 10.5 Å². The van der Waals surface area contributed by atoms with E-state index in [-0.39, 0.29) is 17.3 Å². The molecular formula is C23H18N6O. The molecule has 30 heavy (non-hydrogen) atoms. The summed E-state index contributed by atoms with van der Waals surface area (Å²) in [5.74, 6) is 0.223. The van der Waals surface area contributed by atoms with E-state index >= 15 is 0 Å². The molecule has 0 unspecified atom stereocenters. The van der Waals surface area contributed by atoms with Gasteiger partial charge in [0, 0.05) is 19.0 Å². The van der Waals surface area contributed by atoms with Crippen LogP contribution in [-0.4, -0.2) is 22.3 Å². The lowest BCUT2D eigenvalue weighted by Crippen LogP contribution is -2.17. The van der Waals surface area contributed by atoms with Gasteiger partial charge in [-0.1, -0.05) is 36.4 Å². The second kappa shape index (κ2) is 7.57. The van der Waals surface area contributed by atoms with Crippen LogP contribution in [-0.2, 0) is 11.2 Å². The number of hydrogen-bond acceptors (Lipinski definition) is 5. The molecule has 3 N–H and O–H groups in total. The Labute approximate surface area is 173 Å². The van der Waals surface area contributed by atoms with Gasteiger partial charge in [-0.05, 0) is 29.7 Å². The molecule has 2 heterocycles. The van der Waals surface area contributed by atoms with E-state index in [0.29, 0.717) is 40.7 Å². The van der Waals surface area contributed by atoms with Crippen LogP contribution in [0.5, 0.6) is 0 Å². The first kappa shape index (κ1) is 19.0. The largest absolute Gasteiger partial charge is 0.384 e. The molecule has 0 saturated carbocycles. The molecule has 0 radical (unpaired) electrons. The number of aromatic nitrogens is 2. The van der Waals surface area contributed by atoms with E-state index in [1.54, 1.807) is 11.4 Å². The fourth-order valence-electron chi connectivity index (χ4n) is 3.64. The molecule has 1 amide bonds. The molecule has 0 aliphatic carbocycles. The highest BCUT2D eigenvalue weighted by Gasteiger charge is 2.22. The zero-order chi connectivity index (χ0) is 21.3. The summed E-state index contributed by atoms with van der Waals surface area (Å²) in [5.41, 5.74) is 10.9. The highest BCUT2D eigenvalue weighted by atomic mass is 16.1. The van der Waals surface area contributed by atoms with Gasteiger partial charge in [0.1, 0.15) is 29.1 Å². The van der Waals surface area contributed by atoms with E-state index in [9.17, 15) is 15.3 Å². The van der Waals surface area contributed by atoms with E-state index < -0.39 is 0 Å². The highest BCUT2D eigenvalue weighted by Crippen LogP contribution is 2.35. The Morgan fingerprint density at radius 3 is 2.47 bits per heavy atom. The maximum atomic E-state index is 11.5. The monoisotopic (exact) mass is 394 g/mol. The van der Waals surface area contributed by atoms with Crippen molar-refractivity contribution in [1.82, 2.24) is 14.7 Å². The summed E-state index contributed by atoms with van der Waals surface area (Å²) in [6.45, 7) is 0. The number of rotatable bonds is 4. The zero-order valence-corrected chi connectivity index (χ0v) is 16.3. The molecular weight excluding hydrogens is 376 g/mol. The summed E-state index contributed by atoms with van der Waals surface area (Å²) in [4.78, 5) is 16.1. The van der Waals surface area contributed by atoms with Crippen LogP contribution in [0.25, 0.3) is 27.8 Å². The predicted octanol–water partition coefficient (Wildman–Crippen LogP) is 3.16. The standard InChI is InChI=1S/C23H18N6O/c1-27-20(30)11-8-14-6-9-15(10-7-14)21-16(12-24)22(26)29-19-5-3-2-4-18(19)28-23(29)17(21)13-25/h2-7,9-10H,8,11,26H2,1H3,(H,27,30). The van der Waals surface area contributed by atoms with E-state index in [1.165, 1.54) is 0 Å². The number of imidazole rings is 1. The molecule has 0 atom stereocenters. The highest BCUT2D eigenvalue weighted by molar-refractivity contribution is 5.92. The average Bonchev–Trinajstić information content (AvgIpc) is 3.17. The van der Waals surface area contributed by atoms with E-state index in [0.717, 1.165) is 11.1 Å². The Hall–Kier alpha value is -4.36. The minimum atomic E-state index is -0.0257. The van der Waals surface area contributed by atoms with Gasteiger partial charge < -0.3 is 11.1 Å². The van der Waals surface area contributed by atoms with Crippen LogP contribution in [0.3, 0.4) is 0 Å². The lowest BCUT2D eigenvalue weighted by atomic mass is 9.95. The van der Waals surface area contributed by atoms with Crippen LogP contribution in [0.2, 0.25) is 0 Å². The van der Waals surface area contributed by atoms with Crippen molar-refractivity contribution >= 4 is 28.4 Å². The molecule has 4 rings (SSSR count). The number of nitriles is 2. The molecule has 0 aliphatic rings. The van der Waals surface area contributed by atoms with Gasteiger partial charge >= 0.3 is 0 Å². The normalized spacial score (nSPS) is 10.6. The molecule has 0 aliphatic heterocycles. The molecule has 0 bridgehead atoms. The maximum Gasteiger partial charge on any atom is 0.220 e. The Morgan fingerprint density at radius 2 is 1.80 bits per heavy atom. The summed E-state index contributed by atoms with van der Waals surface area (Å²) < 4.78 is 1.66. The van der Waals surface area contributed by atoms with E-state index in [2.05, 4.69) is 22.4 Å². The van der Waals surface area contributed by atoms with Gasteiger partial charge in [0.25, 0.3) is 0 Å². The second-order valence-electron chi connectivity index (χ2n) is 6.86. The molecule has 2 aromatic heterocycles. The lowest BCUT2D eigenvalue weighted by molar-refractivity contribution is -0.120. The fourth-order valence-corrected chi connectivity index (χ4v) is 3.64. The Balaban J connectivity index is 1.91. The topological polar surface area (TPSA) is 120 Å². The third-order valence-electron chi connectivity index (χ3n) is 5.17. The van der Waals surface area contributed by atoms with E-state index in [4.69, 9.17) is 5.73 Å². The number of pyridine rings is 1. The predicted molar refractivity (Wildman–Crippen MR) is 114 cm³/mol. The van der Waals surface area contributed by atoms with Gasteiger partial charge in [-0.3, -0.25) is 9.20 Å². The number of carbonyl (C=O) groups excluding carboxylic acids is 1. The first-order valence-corrected chi connectivity index (χ1v) is 9.41. The maximum absolute atomic E-state index is 11.5. The van der Waals surface area contributed by atoms with Gasteiger partial charge in [-0.15, -0.1) is 0 Å². The number of nitrogens with zero attached hydrogens (tertiary/aromatic N) is 4. The minimum Gasteiger partial charge on any atom is -0.384 e. The zero-order valence-electron chi connectivity index (χ0n) is 16.3. The Morgan fingerprint density at radius 1 is 1.10 bits per heavy atom. The molecule has 7 heteroatoms. The molecule has 7 nitrogen and oxygen atoms in total. The van der Waals surface area contributed by atoms with Crippen LogP contribution < -0.4 is 11.1 Å². The third-order valence-corrected chi connectivity index (χ3v) is 5.17. The summed E-state index contributed by atoms with van der Waals surface area (Å²) in [5, 5.41) is 22.4. The minimum absolute atomic E-state index is 0.0257. The first-order valence-electron chi connectivity index (χ1n) is 9.41. The summed E-state index contributed by atoms with van der Waals surface area (Å²) in [6.07, 6.45) is 0.991. The first-order chi connectivity index (χ1) is 14.6. The summed E-state index contributed by atoms with van der Waals surface area (Å²) in [7, 11) is 1.61. The second-order valence-corrected chi connectivity index (χ2v) is 6.86. The number of nitrogens with one attached hydrogen (secondary N) is 1. The number of nitrogens with two attached hydrogens (primary N) is 1. The van der Waals surface area contributed by atoms with Gasteiger partial charge in [-0.2, -0.15) is 10.5 Å². The fraction of sp³-hybridized carbons (Fsp3) is 0.130. The number of benzene rings is 2. The Bertz CT molecular complexity index is 1370. The van der Waals surface area contributed by atoms with E-state index in [1.807, 2.05) is 48.5 Å². The number of amides is 1. The van der Waals surface area contributed by atoms with Crippen molar-refractivity contribution in [3.8, 4) is 23.3 Å². The van der Waals surface area contributed by atoms with Crippen molar-refractivity contribution in [2.45, 2.75) is 12.8 Å². The van der Waals surface area contributed by atoms with Gasteiger partial charge in [0.05, 0.1) is 11.0 Å². The molecule has 4 aromatic rings. The van der Waals surface area contributed by atoms with Gasteiger partial charge in [0.15, 0.2) is 5.65 Å². The number of para-hydroxylation sites is 2. The summed E-state index contributed by atoms with van der Waals surface area (Å²) in [6, 6.07) is 19.3. The van der Waals surface area contributed by atoms with Crippen molar-refractivity contribution in [2.75, 3.05) is 12.8 Å². The number of carbonyl (C=O) groups is 1. The smallest absolute Gasteiger partial charge is 0.220 e. The number of nitrogen functional groups attached to an aromatic ring is 1. The van der Waals surface area contributed by atoms with Crippen molar-refractivity contribution in [3.05, 3.63) is 65.2 Å². The molecule has 2 aromatic carbocycles. The van der Waals surface area contributed by atoms with Crippen LogP contribution in [0.15, 0.2) is 48.5 Å². The van der Waals surface area contributed by atoms with Crippen molar-refractivity contribution in [2.24, 2.45) is 0 Å². The number of anilines is 1. The number of fused-ring (bicyclic) bond motifs is 3. The Kier molecular flexibility index (Phi) is 4.79. The molecule has 0 fully saturated rings. The van der Waals surface area contributed by atoms with Crippen molar-refractivity contribution in [3.63, 3.8) is 0 Å². The molecule has 146 valence electrons.